The summed E-state index contributed by atoms with van der Waals surface area (Å²) in [7, 11) is 0. The first kappa shape index (κ1) is 15.3. The number of Topliss-reactive ketones (excluding diaryl/α,β-unsaturated/α-hetero) is 1. The van der Waals surface area contributed by atoms with E-state index in [0.29, 0.717) is 17.7 Å². The number of carbonyl (C=O) groups excluding carboxylic acids is 2. The number of carbonyl (C=O) groups is 2. The van der Waals surface area contributed by atoms with Crippen molar-refractivity contribution in [3.63, 3.8) is 0 Å². The highest BCUT2D eigenvalue weighted by atomic mass is 16.5. The Balaban J connectivity index is 1.54. The summed E-state index contributed by atoms with van der Waals surface area (Å²) in [6, 6.07) is 12.9. The molecule has 1 aliphatic heterocycles. The van der Waals surface area contributed by atoms with Crippen LogP contribution in [0.25, 0.3) is 0 Å². The lowest BCUT2D eigenvalue weighted by Crippen LogP contribution is -2.25. The fourth-order valence-electron chi connectivity index (χ4n) is 2.67. The zero-order valence-corrected chi connectivity index (χ0v) is 13.1. The maximum Gasteiger partial charge on any atom is 0.251 e. The highest BCUT2D eigenvalue weighted by Gasteiger charge is 2.12. The van der Waals surface area contributed by atoms with Crippen molar-refractivity contribution in [1.82, 2.24) is 5.32 Å². The van der Waals surface area contributed by atoms with Gasteiger partial charge in [0.2, 0.25) is 0 Å². The van der Waals surface area contributed by atoms with Crippen molar-refractivity contribution in [2.45, 2.75) is 19.8 Å². The van der Waals surface area contributed by atoms with E-state index >= 15 is 0 Å². The van der Waals surface area contributed by atoms with Gasteiger partial charge in [-0.25, -0.2) is 0 Å². The SMILES string of the molecule is CC(=O)c1ccc(C(=O)NCCc2ccc3c(c2)CCO3)cc1. The second kappa shape index (κ2) is 6.65. The molecule has 0 aromatic heterocycles. The van der Waals surface area contributed by atoms with Crippen LogP contribution in [0.2, 0.25) is 0 Å². The Bertz CT molecular complexity index is 735. The molecule has 0 bridgehead atoms. The van der Waals surface area contributed by atoms with Crippen LogP contribution in [0.5, 0.6) is 5.75 Å². The van der Waals surface area contributed by atoms with Crippen LogP contribution in [0.4, 0.5) is 0 Å². The first-order valence-corrected chi connectivity index (χ1v) is 7.77. The minimum Gasteiger partial charge on any atom is -0.493 e. The molecule has 0 spiro atoms. The van der Waals surface area contributed by atoms with E-state index in [-0.39, 0.29) is 11.7 Å². The van der Waals surface area contributed by atoms with Crippen LogP contribution < -0.4 is 10.1 Å². The molecule has 2 aromatic carbocycles. The van der Waals surface area contributed by atoms with Crippen LogP contribution >= 0.6 is 0 Å². The van der Waals surface area contributed by atoms with Crippen LogP contribution in [-0.2, 0) is 12.8 Å². The van der Waals surface area contributed by atoms with Gasteiger partial charge in [0.1, 0.15) is 5.75 Å². The molecule has 4 heteroatoms. The van der Waals surface area contributed by atoms with Crippen molar-refractivity contribution in [2.24, 2.45) is 0 Å². The lowest BCUT2D eigenvalue weighted by Gasteiger charge is -2.07. The summed E-state index contributed by atoms with van der Waals surface area (Å²) in [5.41, 5.74) is 3.62. The quantitative estimate of drug-likeness (QED) is 0.864. The van der Waals surface area contributed by atoms with Crippen molar-refractivity contribution >= 4 is 11.7 Å². The molecular formula is C19H19NO3. The van der Waals surface area contributed by atoms with E-state index in [1.165, 1.54) is 18.1 Å². The largest absolute Gasteiger partial charge is 0.493 e. The monoisotopic (exact) mass is 309 g/mol. The lowest BCUT2D eigenvalue weighted by atomic mass is 10.1. The van der Waals surface area contributed by atoms with Gasteiger partial charge in [0, 0.05) is 24.1 Å². The molecule has 2 aromatic rings. The summed E-state index contributed by atoms with van der Waals surface area (Å²) in [4.78, 5) is 23.3. The number of benzene rings is 2. The second-order valence-corrected chi connectivity index (χ2v) is 5.68. The van der Waals surface area contributed by atoms with Gasteiger partial charge >= 0.3 is 0 Å². The van der Waals surface area contributed by atoms with Gasteiger partial charge in [0.05, 0.1) is 6.61 Å². The molecular weight excluding hydrogens is 290 g/mol. The lowest BCUT2D eigenvalue weighted by molar-refractivity contribution is 0.0952. The molecule has 0 aliphatic carbocycles. The number of rotatable bonds is 5. The molecule has 1 heterocycles. The summed E-state index contributed by atoms with van der Waals surface area (Å²) in [6.45, 7) is 2.84. The van der Waals surface area contributed by atoms with E-state index in [4.69, 9.17) is 4.74 Å². The highest BCUT2D eigenvalue weighted by Crippen LogP contribution is 2.25. The van der Waals surface area contributed by atoms with Crippen molar-refractivity contribution in [1.29, 1.82) is 0 Å². The average molecular weight is 309 g/mol. The Hall–Kier alpha value is -2.62. The number of hydrogen-bond acceptors (Lipinski definition) is 3. The normalized spacial score (nSPS) is 12.4. The van der Waals surface area contributed by atoms with Gasteiger partial charge in [0.15, 0.2) is 5.78 Å². The average Bonchev–Trinajstić information content (AvgIpc) is 3.02. The van der Waals surface area contributed by atoms with Crippen LogP contribution in [0, 0.1) is 0 Å². The first-order chi connectivity index (χ1) is 11.1. The second-order valence-electron chi connectivity index (χ2n) is 5.68. The number of ether oxygens (including phenoxy) is 1. The molecule has 0 fully saturated rings. The predicted molar refractivity (Wildman–Crippen MR) is 88.1 cm³/mol. The van der Waals surface area contributed by atoms with Crippen LogP contribution in [0.15, 0.2) is 42.5 Å². The van der Waals surface area contributed by atoms with E-state index in [1.54, 1.807) is 24.3 Å². The van der Waals surface area contributed by atoms with E-state index in [0.717, 1.165) is 25.2 Å². The predicted octanol–water partition coefficient (Wildman–Crippen LogP) is 2.80. The molecule has 0 atom stereocenters. The zero-order chi connectivity index (χ0) is 16.2. The van der Waals surface area contributed by atoms with Gasteiger partial charge in [-0.1, -0.05) is 24.3 Å². The van der Waals surface area contributed by atoms with Crippen LogP contribution in [-0.4, -0.2) is 24.8 Å². The summed E-state index contributed by atoms with van der Waals surface area (Å²) in [6.07, 6.45) is 1.74. The molecule has 0 saturated heterocycles. The number of nitrogens with one attached hydrogen (secondary N) is 1. The fourth-order valence-corrected chi connectivity index (χ4v) is 2.67. The molecule has 1 N–H and O–H groups in total. The number of ketones is 1. The van der Waals surface area contributed by atoms with Gasteiger partial charge in [-0.2, -0.15) is 0 Å². The molecule has 118 valence electrons. The van der Waals surface area contributed by atoms with Crippen molar-refractivity contribution < 1.29 is 14.3 Å². The van der Waals surface area contributed by atoms with Crippen LogP contribution in [0.3, 0.4) is 0 Å². The van der Waals surface area contributed by atoms with Gasteiger partial charge in [0.25, 0.3) is 5.91 Å². The molecule has 1 amide bonds. The maximum atomic E-state index is 12.1. The summed E-state index contributed by atoms with van der Waals surface area (Å²) < 4.78 is 5.49. The van der Waals surface area contributed by atoms with E-state index < -0.39 is 0 Å². The van der Waals surface area contributed by atoms with Gasteiger partial charge in [-0.05, 0) is 42.7 Å². The molecule has 0 unspecified atom stereocenters. The Kier molecular flexibility index (Phi) is 4.42. The minimum absolute atomic E-state index is 0.00227. The molecule has 0 saturated carbocycles. The Morgan fingerprint density at radius 2 is 1.83 bits per heavy atom. The third-order valence-electron chi connectivity index (χ3n) is 4.01. The highest BCUT2D eigenvalue weighted by molar-refractivity contribution is 5.97. The van der Waals surface area contributed by atoms with E-state index in [1.807, 2.05) is 12.1 Å². The van der Waals surface area contributed by atoms with E-state index in [9.17, 15) is 9.59 Å². The number of hydrogen-bond donors (Lipinski definition) is 1. The molecule has 1 aliphatic rings. The summed E-state index contributed by atoms with van der Waals surface area (Å²) in [5.74, 6) is 0.852. The Morgan fingerprint density at radius 3 is 2.57 bits per heavy atom. The van der Waals surface area contributed by atoms with Crippen LogP contribution in [0.1, 0.15) is 38.8 Å². The van der Waals surface area contributed by atoms with Crippen molar-refractivity contribution in [2.75, 3.05) is 13.2 Å². The van der Waals surface area contributed by atoms with Crippen molar-refractivity contribution in [3.8, 4) is 5.75 Å². The maximum absolute atomic E-state index is 12.1. The number of amides is 1. The minimum atomic E-state index is -0.121. The molecule has 4 nitrogen and oxygen atoms in total. The topological polar surface area (TPSA) is 55.4 Å². The molecule has 23 heavy (non-hydrogen) atoms. The molecule has 0 radical (unpaired) electrons. The van der Waals surface area contributed by atoms with Crippen molar-refractivity contribution in [3.05, 3.63) is 64.7 Å². The van der Waals surface area contributed by atoms with Gasteiger partial charge in [-0.3, -0.25) is 9.59 Å². The van der Waals surface area contributed by atoms with Gasteiger partial charge in [-0.15, -0.1) is 0 Å². The summed E-state index contributed by atoms with van der Waals surface area (Å²) >= 11 is 0. The number of fused-ring (bicyclic) bond motifs is 1. The zero-order valence-electron chi connectivity index (χ0n) is 13.1. The van der Waals surface area contributed by atoms with Gasteiger partial charge < -0.3 is 10.1 Å². The first-order valence-electron chi connectivity index (χ1n) is 7.77. The fraction of sp³-hybridized carbons (Fsp3) is 0.263. The third kappa shape index (κ3) is 3.59. The smallest absolute Gasteiger partial charge is 0.251 e. The standard InChI is InChI=1S/C19H19NO3/c1-13(21)15-3-5-16(6-4-15)19(22)20-10-8-14-2-7-18-17(12-14)9-11-23-18/h2-7,12H,8-11H2,1H3,(H,20,22). The summed E-state index contributed by atoms with van der Waals surface area (Å²) in [5, 5.41) is 2.91. The molecule has 3 rings (SSSR count). The van der Waals surface area contributed by atoms with E-state index in [2.05, 4.69) is 11.4 Å². The Labute approximate surface area is 135 Å². The third-order valence-corrected chi connectivity index (χ3v) is 4.01. The Morgan fingerprint density at radius 1 is 1.09 bits per heavy atom.